The molecule has 1 aromatic rings. The predicted molar refractivity (Wildman–Crippen MR) is 102 cm³/mol. The van der Waals surface area contributed by atoms with Crippen LogP contribution in [0.5, 0.6) is 0 Å². The summed E-state index contributed by atoms with van der Waals surface area (Å²) < 4.78 is 0. The number of halogens is 2. The van der Waals surface area contributed by atoms with Gasteiger partial charge in [-0.05, 0) is 56.2 Å². The molecule has 2 N–H and O–H groups in total. The van der Waals surface area contributed by atoms with Crippen molar-refractivity contribution in [1.29, 1.82) is 0 Å². The molecule has 1 saturated carbocycles. The van der Waals surface area contributed by atoms with Crippen LogP contribution in [0.1, 0.15) is 44.6 Å². The van der Waals surface area contributed by atoms with Crippen LogP contribution in [-0.2, 0) is 16.0 Å². The van der Waals surface area contributed by atoms with Gasteiger partial charge in [0, 0.05) is 35.0 Å². The number of hydrogen-bond acceptors (Lipinski definition) is 2. The maximum atomic E-state index is 12.3. The topological polar surface area (TPSA) is 58.2 Å². The van der Waals surface area contributed by atoms with E-state index in [0.29, 0.717) is 23.0 Å². The fourth-order valence-electron chi connectivity index (χ4n) is 3.20. The van der Waals surface area contributed by atoms with Crippen LogP contribution in [0.3, 0.4) is 0 Å². The Morgan fingerprint density at radius 3 is 2.08 bits per heavy atom. The van der Waals surface area contributed by atoms with Gasteiger partial charge in [0.15, 0.2) is 0 Å². The molecular formula is C19H26Cl2N2O2. The Hall–Kier alpha value is -1.26. The second kappa shape index (κ2) is 10.0. The predicted octanol–water partition coefficient (Wildman–Crippen LogP) is 3.98. The number of rotatable bonds is 7. The highest BCUT2D eigenvalue weighted by Crippen LogP contribution is 2.29. The quantitative estimate of drug-likeness (QED) is 0.746. The first kappa shape index (κ1) is 20.1. The summed E-state index contributed by atoms with van der Waals surface area (Å²) in [5.41, 5.74) is 0.975. The van der Waals surface area contributed by atoms with Gasteiger partial charge in [-0.15, -0.1) is 0 Å². The SMILES string of the molecule is CCCNC(=O)C1CCC(C(=O)NCCc2ccc(Cl)cc2Cl)CC1. The monoisotopic (exact) mass is 384 g/mol. The van der Waals surface area contributed by atoms with Crippen molar-refractivity contribution in [3.05, 3.63) is 33.8 Å². The zero-order chi connectivity index (χ0) is 18.2. The minimum atomic E-state index is 0.0101. The summed E-state index contributed by atoms with van der Waals surface area (Å²) in [4.78, 5) is 24.3. The first-order valence-electron chi connectivity index (χ1n) is 9.00. The molecule has 0 atom stereocenters. The fraction of sp³-hybridized carbons (Fsp3) is 0.579. The summed E-state index contributed by atoms with van der Waals surface area (Å²) in [6, 6.07) is 5.40. The van der Waals surface area contributed by atoms with Gasteiger partial charge in [-0.25, -0.2) is 0 Å². The third-order valence-electron chi connectivity index (χ3n) is 4.73. The van der Waals surface area contributed by atoms with Gasteiger partial charge in [-0.2, -0.15) is 0 Å². The van der Waals surface area contributed by atoms with E-state index in [1.54, 1.807) is 12.1 Å². The Bertz CT molecular complexity index is 599. The molecule has 2 amide bonds. The molecule has 1 fully saturated rings. The van der Waals surface area contributed by atoms with E-state index in [9.17, 15) is 9.59 Å². The molecule has 0 saturated heterocycles. The van der Waals surface area contributed by atoms with E-state index < -0.39 is 0 Å². The zero-order valence-corrected chi connectivity index (χ0v) is 16.1. The van der Waals surface area contributed by atoms with Crippen LogP contribution in [0, 0.1) is 11.8 Å². The summed E-state index contributed by atoms with van der Waals surface area (Å²) in [7, 11) is 0. The van der Waals surface area contributed by atoms with Gasteiger partial charge in [0.25, 0.3) is 0 Å². The molecule has 1 aliphatic rings. The summed E-state index contributed by atoms with van der Waals surface area (Å²) in [6.45, 7) is 3.32. The summed E-state index contributed by atoms with van der Waals surface area (Å²) in [6.07, 6.45) is 4.75. The Morgan fingerprint density at radius 1 is 1.00 bits per heavy atom. The molecule has 1 aliphatic carbocycles. The van der Waals surface area contributed by atoms with Crippen LogP contribution in [0.4, 0.5) is 0 Å². The lowest BCUT2D eigenvalue weighted by Gasteiger charge is -2.27. The smallest absolute Gasteiger partial charge is 0.223 e. The van der Waals surface area contributed by atoms with Gasteiger partial charge in [0.1, 0.15) is 0 Å². The van der Waals surface area contributed by atoms with E-state index >= 15 is 0 Å². The summed E-state index contributed by atoms with van der Waals surface area (Å²) >= 11 is 12.0. The normalized spacial score (nSPS) is 20.1. The highest BCUT2D eigenvalue weighted by Gasteiger charge is 2.29. The number of benzene rings is 1. The second-order valence-electron chi connectivity index (χ2n) is 6.62. The van der Waals surface area contributed by atoms with E-state index in [0.717, 1.165) is 44.2 Å². The molecule has 0 radical (unpaired) electrons. The Morgan fingerprint density at radius 2 is 1.56 bits per heavy atom. The molecular weight excluding hydrogens is 359 g/mol. The first-order valence-corrected chi connectivity index (χ1v) is 9.76. The van der Waals surface area contributed by atoms with Crippen molar-refractivity contribution in [3.63, 3.8) is 0 Å². The van der Waals surface area contributed by atoms with Crippen molar-refractivity contribution >= 4 is 35.0 Å². The van der Waals surface area contributed by atoms with E-state index in [-0.39, 0.29) is 23.7 Å². The van der Waals surface area contributed by atoms with Crippen LogP contribution >= 0.6 is 23.2 Å². The molecule has 0 spiro atoms. The number of nitrogens with one attached hydrogen (secondary N) is 2. The van der Waals surface area contributed by atoms with Crippen molar-refractivity contribution in [1.82, 2.24) is 10.6 Å². The van der Waals surface area contributed by atoms with E-state index in [1.807, 2.05) is 13.0 Å². The largest absolute Gasteiger partial charge is 0.356 e. The third-order valence-corrected chi connectivity index (χ3v) is 5.31. The minimum Gasteiger partial charge on any atom is -0.356 e. The molecule has 4 nitrogen and oxygen atoms in total. The van der Waals surface area contributed by atoms with Gasteiger partial charge in [-0.3, -0.25) is 9.59 Å². The van der Waals surface area contributed by atoms with Gasteiger partial charge in [0.05, 0.1) is 0 Å². The number of hydrogen-bond donors (Lipinski definition) is 2. The van der Waals surface area contributed by atoms with Gasteiger partial charge < -0.3 is 10.6 Å². The maximum Gasteiger partial charge on any atom is 0.223 e. The highest BCUT2D eigenvalue weighted by atomic mass is 35.5. The molecule has 0 heterocycles. The van der Waals surface area contributed by atoms with E-state index in [1.165, 1.54) is 0 Å². The Kier molecular flexibility index (Phi) is 8.04. The Balaban J connectivity index is 1.71. The second-order valence-corrected chi connectivity index (χ2v) is 7.46. The zero-order valence-electron chi connectivity index (χ0n) is 14.6. The Labute approximate surface area is 159 Å². The van der Waals surface area contributed by atoms with Crippen LogP contribution in [0.25, 0.3) is 0 Å². The van der Waals surface area contributed by atoms with Crippen molar-refractivity contribution in [2.24, 2.45) is 11.8 Å². The molecule has 0 bridgehead atoms. The molecule has 25 heavy (non-hydrogen) atoms. The van der Waals surface area contributed by atoms with Crippen LogP contribution in [0.2, 0.25) is 10.0 Å². The molecule has 1 aromatic carbocycles. The minimum absolute atomic E-state index is 0.0101. The van der Waals surface area contributed by atoms with Gasteiger partial charge >= 0.3 is 0 Å². The van der Waals surface area contributed by atoms with Crippen LogP contribution < -0.4 is 10.6 Å². The average Bonchev–Trinajstić information content (AvgIpc) is 2.61. The van der Waals surface area contributed by atoms with Crippen molar-refractivity contribution in [3.8, 4) is 0 Å². The van der Waals surface area contributed by atoms with Gasteiger partial charge in [0.2, 0.25) is 11.8 Å². The summed E-state index contributed by atoms with van der Waals surface area (Å²) in [5, 5.41) is 7.17. The third kappa shape index (κ3) is 6.19. The molecule has 0 unspecified atom stereocenters. The standard InChI is InChI=1S/C19H26Cl2N2O2/c1-2-10-22-18(24)14-3-5-15(6-4-14)19(25)23-11-9-13-7-8-16(20)12-17(13)21/h7-8,12,14-15H,2-6,9-11H2,1H3,(H,22,24)(H,23,25). The van der Waals surface area contributed by atoms with E-state index in [4.69, 9.17) is 23.2 Å². The first-order chi connectivity index (χ1) is 12.0. The number of amides is 2. The molecule has 0 aromatic heterocycles. The average molecular weight is 385 g/mol. The summed E-state index contributed by atoms with van der Waals surface area (Å²) in [5.74, 6) is 0.287. The fourth-order valence-corrected chi connectivity index (χ4v) is 3.70. The molecule has 6 heteroatoms. The van der Waals surface area contributed by atoms with Gasteiger partial charge in [-0.1, -0.05) is 36.2 Å². The van der Waals surface area contributed by atoms with Crippen LogP contribution in [-0.4, -0.2) is 24.9 Å². The van der Waals surface area contributed by atoms with Crippen molar-refractivity contribution in [2.75, 3.05) is 13.1 Å². The lowest BCUT2D eigenvalue weighted by Crippen LogP contribution is -2.38. The maximum absolute atomic E-state index is 12.3. The molecule has 2 rings (SSSR count). The lowest BCUT2D eigenvalue weighted by atomic mass is 9.81. The number of carbonyl (C=O) groups excluding carboxylic acids is 2. The molecule has 138 valence electrons. The molecule has 0 aliphatic heterocycles. The highest BCUT2D eigenvalue weighted by molar-refractivity contribution is 6.35. The van der Waals surface area contributed by atoms with Crippen LogP contribution in [0.15, 0.2) is 18.2 Å². The van der Waals surface area contributed by atoms with E-state index in [2.05, 4.69) is 10.6 Å². The number of carbonyl (C=O) groups is 2. The van der Waals surface area contributed by atoms with Crippen molar-refractivity contribution in [2.45, 2.75) is 45.4 Å². The lowest BCUT2D eigenvalue weighted by molar-refractivity contribution is -0.130. The van der Waals surface area contributed by atoms with Crippen molar-refractivity contribution < 1.29 is 9.59 Å².